The molecule has 0 radical (unpaired) electrons. The van der Waals surface area contributed by atoms with Gasteiger partial charge in [-0.1, -0.05) is 6.92 Å². The van der Waals surface area contributed by atoms with Gasteiger partial charge in [-0.15, -0.1) is 0 Å². The third kappa shape index (κ3) is 2.04. The van der Waals surface area contributed by atoms with Gasteiger partial charge in [-0.2, -0.15) is 0 Å². The Morgan fingerprint density at radius 1 is 1.29 bits per heavy atom. The molecule has 2 nitrogen and oxygen atoms in total. The fraction of sp³-hybridized carbons (Fsp3) is 0.455. The Labute approximate surface area is 83.1 Å². The van der Waals surface area contributed by atoms with E-state index in [4.69, 9.17) is 4.74 Å². The lowest BCUT2D eigenvalue weighted by atomic mass is 10.1. The highest BCUT2D eigenvalue weighted by atomic mass is 19.1. The van der Waals surface area contributed by atoms with Crippen molar-refractivity contribution >= 4 is 0 Å². The van der Waals surface area contributed by atoms with Crippen LogP contribution in [0, 0.1) is 11.7 Å². The van der Waals surface area contributed by atoms with Crippen molar-refractivity contribution in [2.24, 2.45) is 5.92 Å². The van der Waals surface area contributed by atoms with Gasteiger partial charge in [0.05, 0.1) is 0 Å². The van der Waals surface area contributed by atoms with Crippen LogP contribution in [0.15, 0.2) is 24.3 Å². The van der Waals surface area contributed by atoms with Crippen LogP contribution in [0.4, 0.5) is 4.39 Å². The van der Waals surface area contributed by atoms with Gasteiger partial charge in [-0.25, -0.2) is 4.39 Å². The number of halogens is 1. The fourth-order valence-electron chi connectivity index (χ4n) is 1.63. The van der Waals surface area contributed by atoms with Crippen LogP contribution in [0.3, 0.4) is 0 Å². The van der Waals surface area contributed by atoms with E-state index in [1.807, 2.05) is 0 Å². The Bertz CT molecular complexity index is 299. The van der Waals surface area contributed by atoms with Crippen molar-refractivity contribution in [2.45, 2.75) is 13.0 Å². The summed E-state index contributed by atoms with van der Waals surface area (Å²) in [6, 6.07) is 6.17. The van der Waals surface area contributed by atoms with Crippen molar-refractivity contribution in [3.05, 3.63) is 30.1 Å². The lowest BCUT2D eigenvalue weighted by Gasteiger charge is -2.16. The molecule has 3 heteroatoms. The maximum absolute atomic E-state index is 12.6. The molecule has 0 bridgehead atoms. The predicted molar refractivity (Wildman–Crippen MR) is 52.8 cm³/mol. The summed E-state index contributed by atoms with van der Waals surface area (Å²) in [7, 11) is 0. The van der Waals surface area contributed by atoms with Crippen molar-refractivity contribution in [1.82, 2.24) is 5.32 Å². The average molecular weight is 195 g/mol. The molecular weight excluding hydrogens is 181 g/mol. The van der Waals surface area contributed by atoms with E-state index in [9.17, 15) is 4.39 Å². The molecule has 0 aliphatic carbocycles. The van der Waals surface area contributed by atoms with Crippen LogP contribution in [0.1, 0.15) is 6.92 Å². The third-order valence-corrected chi connectivity index (χ3v) is 2.55. The van der Waals surface area contributed by atoms with Gasteiger partial charge in [0.2, 0.25) is 0 Å². The fourth-order valence-corrected chi connectivity index (χ4v) is 1.63. The number of nitrogens with one attached hydrogen (secondary N) is 1. The number of benzene rings is 1. The first-order valence-electron chi connectivity index (χ1n) is 4.88. The summed E-state index contributed by atoms with van der Waals surface area (Å²) in [6.07, 6.45) is 0.209. The van der Waals surface area contributed by atoms with Crippen LogP contribution < -0.4 is 10.1 Å². The maximum atomic E-state index is 12.6. The van der Waals surface area contributed by atoms with E-state index in [2.05, 4.69) is 12.2 Å². The Morgan fingerprint density at radius 3 is 2.57 bits per heavy atom. The molecule has 1 aromatic carbocycles. The summed E-state index contributed by atoms with van der Waals surface area (Å²) >= 11 is 0. The molecule has 0 amide bonds. The Hall–Kier alpha value is -1.09. The van der Waals surface area contributed by atoms with Gasteiger partial charge in [-0.05, 0) is 24.3 Å². The molecule has 2 atom stereocenters. The minimum absolute atomic E-state index is 0.209. The second-order valence-corrected chi connectivity index (χ2v) is 3.75. The number of rotatable bonds is 2. The Kier molecular flexibility index (Phi) is 2.68. The lowest BCUT2D eigenvalue weighted by molar-refractivity contribution is 0.182. The zero-order chi connectivity index (χ0) is 9.97. The normalized spacial score (nSPS) is 26.4. The van der Waals surface area contributed by atoms with Crippen molar-refractivity contribution in [3.63, 3.8) is 0 Å². The second-order valence-electron chi connectivity index (χ2n) is 3.75. The van der Waals surface area contributed by atoms with Crippen LogP contribution >= 0.6 is 0 Å². The molecule has 1 aliphatic heterocycles. The molecule has 0 spiro atoms. The predicted octanol–water partition coefficient (Wildman–Crippen LogP) is 1.81. The largest absolute Gasteiger partial charge is 0.489 e. The Balaban J connectivity index is 2.00. The van der Waals surface area contributed by atoms with Gasteiger partial charge in [0.1, 0.15) is 17.7 Å². The first kappa shape index (κ1) is 9.46. The van der Waals surface area contributed by atoms with Crippen molar-refractivity contribution in [2.75, 3.05) is 13.1 Å². The molecular formula is C11H14FNO. The zero-order valence-corrected chi connectivity index (χ0v) is 8.16. The van der Waals surface area contributed by atoms with Gasteiger partial charge in [0, 0.05) is 19.0 Å². The second kappa shape index (κ2) is 3.96. The molecule has 1 fully saturated rings. The quantitative estimate of drug-likeness (QED) is 0.777. The molecule has 1 heterocycles. The van der Waals surface area contributed by atoms with Crippen LogP contribution in [0.5, 0.6) is 5.75 Å². The van der Waals surface area contributed by atoms with E-state index in [0.717, 1.165) is 18.8 Å². The average Bonchev–Trinajstić information content (AvgIpc) is 2.56. The van der Waals surface area contributed by atoms with Gasteiger partial charge in [-0.3, -0.25) is 0 Å². The van der Waals surface area contributed by atoms with E-state index in [1.54, 1.807) is 12.1 Å². The molecule has 76 valence electrons. The van der Waals surface area contributed by atoms with E-state index in [1.165, 1.54) is 12.1 Å². The van der Waals surface area contributed by atoms with Gasteiger partial charge in [0.25, 0.3) is 0 Å². The standard InChI is InChI=1S/C11H14FNO/c1-8-6-13-7-11(8)14-10-4-2-9(12)3-5-10/h2-5,8,11,13H,6-7H2,1H3. The first-order chi connectivity index (χ1) is 6.75. The minimum atomic E-state index is -0.227. The van der Waals surface area contributed by atoms with Crippen LogP contribution in [-0.4, -0.2) is 19.2 Å². The smallest absolute Gasteiger partial charge is 0.123 e. The van der Waals surface area contributed by atoms with E-state index < -0.39 is 0 Å². The third-order valence-electron chi connectivity index (χ3n) is 2.55. The molecule has 2 unspecified atom stereocenters. The van der Waals surface area contributed by atoms with Crippen molar-refractivity contribution in [1.29, 1.82) is 0 Å². The summed E-state index contributed by atoms with van der Waals surface area (Å²) in [6.45, 7) is 4.01. The summed E-state index contributed by atoms with van der Waals surface area (Å²) in [5.41, 5.74) is 0. The van der Waals surface area contributed by atoms with Gasteiger partial charge >= 0.3 is 0 Å². The van der Waals surface area contributed by atoms with Crippen LogP contribution in [0.25, 0.3) is 0 Å². The van der Waals surface area contributed by atoms with E-state index in [0.29, 0.717) is 5.92 Å². The maximum Gasteiger partial charge on any atom is 0.123 e. The topological polar surface area (TPSA) is 21.3 Å². The SMILES string of the molecule is CC1CNCC1Oc1ccc(F)cc1. The van der Waals surface area contributed by atoms with E-state index >= 15 is 0 Å². The summed E-state index contributed by atoms with van der Waals surface area (Å²) in [5, 5.41) is 3.25. The monoisotopic (exact) mass is 195 g/mol. The van der Waals surface area contributed by atoms with Crippen molar-refractivity contribution in [3.8, 4) is 5.75 Å². The highest BCUT2D eigenvalue weighted by Crippen LogP contribution is 2.18. The summed E-state index contributed by atoms with van der Waals surface area (Å²) < 4.78 is 18.3. The molecule has 14 heavy (non-hydrogen) atoms. The molecule has 0 aromatic heterocycles. The first-order valence-corrected chi connectivity index (χ1v) is 4.88. The summed E-state index contributed by atoms with van der Waals surface area (Å²) in [4.78, 5) is 0. The molecule has 1 saturated heterocycles. The molecule has 2 rings (SSSR count). The minimum Gasteiger partial charge on any atom is -0.489 e. The highest BCUT2D eigenvalue weighted by Gasteiger charge is 2.24. The number of hydrogen-bond acceptors (Lipinski definition) is 2. The highest BCUT2D eigenvalue weighted by molar-refractivity contribution is 5.22. The van der Waals surface area contributed by atoms with Crippen molar-refractivity contribution < 1.29 is 9.13 Å². The summed E-state index contributed by atoms with van der Waals surface area (Å²) in [5.74, 6) is 1.03. The molecule has 1 aromatic rings. The molecule has 1 N–H and O–H groups in total. The molecule has 0 saturated carbocycles. The molecule has 1 aliphatic rings. The van der Waals surface area contributed by atoms with Gasteiger partial charge < -0.3 is 10.1 Å². The lowest BCUT2D eigenvalue weighted by Crippen LogP contribution is -2.24. The number of hydrogen-bond donors (Lipinski definition) is 1. The Morgan fingerprint density at radius 2 is 2.00 bits per heavy atom. The number of ether oxygens (including phenoxy) is 1. The van der Waals surface area contributed by atoms with Crippen LogP contribution in [-0.2, 0) is 0 Å². The van der Waals surface area contributed by atoms with E-state index in [-0.39, 0.29) is 11.9 Å². The van der Waals surface area contributed by atoms with Gasteiger partial charge in [0.15, 0.2) is 0 Å². The zero-order valence-electron chi connectivity index (χ0n) is 8.16. The van der Waals surface area contributed by atoms with Crippen LogP contribution in [0.2, 0.25) is 0 Å².